The van der Waals surface area contributed by atoms with Crippen molar-refractivity contribution in [2.24, 2.45) is 5.92 Å². The molecule has 0 aliphatic heterocycles. The third-order valence-electron chi connectivity index (χ3n) is 3.57. The lowest BCUT2D eigenvalue weighted by Crippen LogP contribution is -2.41. The number of carboxylic acid groups (broad SMARTS) is 1. The lowest BCUT2D eigenvalue weighted by molar-refractivity contribution is -0.138. The highest BCUT2D eigenvalue weighted by molar-refractivity contribution is 5.96. The minimum absolute atomic E-state index is 0.00767. The number of aryl methyl sites for hydroxylation is 1. The summed E-state index contributed by atoms with van der Waals surface area (Å²) in [7, 11) is 0. The molecule has 0 spiro atoms. The van der Waals surface area contributed by atoms with E-state index in [1.54, 1.807) is 13.8 Å². The van der Waals surface area contributed by atoms with Crippen LogP contribution in [0.1, 0.15) is 48.9 Å². The minimum atomic E-state index is -0.955. The van der Waals surface area contributed by atoms with Crippen LogP contribution in [-0.4, -0.2) is 38.6 Å². The molecule has 7 nitrogen and oxygen atoms in total. The van der Waals surface area contributed by atoms with Crippen molar-refractivity contribution >= 4 is 17.7 Å². The van der Waals surface area contributed by atoms with Crippen LogP contribution < -0.4 is 5.32 Å². The smallest absolute Gasteiger partial charge is 0.305 e. The van der Waals surface area contributed by atoms with Gasteiger partial charge in [-0.05, 0) is 26.7 Å². The molecule has 1 aromatic rings. The van der Waals surface area contributed by atoms with E-state index in [-0.39, 0.29) is 30.6 Å². The maximum absolute atomic E-state index is 12.1. The van der Waals surface area contributed by atoms with Gasteiger partial charge in [0.25, 0.3) is 0 Å². The quantitative estimate of drug-likeness (QED) is 0.740. The molecule has 7 heteroatoms. The van der Waals surface area contributed by atoms with Crippen molar-refractivity contribution in [3.63, 3.8) is 0 Å². The van der Waals surface area contributed by atoms with Gasteiger partial charge in [0, 0.05) is 11.7 Å². The van der Waals surface area contributed by atoms with Crippen LogP contribution in [0.15, 0.2) is 0 Å². The van der Waals surface area contributed by atoms with Crippen LogP contribution in [0, 0.1) is 19.8 Å². The predicted molar refractivity (Wildman–Crippen MR) is 80.7 cm³/mol. The molecule has 1 heterocycles. The Hall–Kier alpha value is -2.18. The molecule has 1 amide bonds. The van der Waals surface area contributed by atoms with E-state index >= 15 is 0 Å². The SMILES string of the molecule is CC(=O)c1c(C)nn(CC(=O)NC(CC(=O)O)C(C)C)c1C. The van der Waals surface area contributed by atoms with E-state index in [4.69, 9.17) is 5.11 Å². The molecule has 0 fully saturated rings. The standard InChI is InChI=1S/C15H23N3O4/c1-8(2)12(6-14(21)22)16-13(20)7-18-10(4)15(11(5)19)9(3)17-18/h8,12H,6-7H2,1-5H3,(H,16,20)(H,21,22). The van der Waals surface area contributed by atoms with Crippen molar-refractivity contribution < 1.29 is 19.5 Å². The van der Waals surface area contributed by atoms with Gasteiger partial charge in [0.15, 0.2) is 5.78 Å². The molecule has 1 unspecified atom stereocenters. The first-order valence-electron chi connectivity index (χ1n) is 7.19. The number of carbonyl (C=O) groups excluding carboxylic acids is 2. The summed E-state index contributed by atoms with van der Waals surface area (Å²) in [6.07, 6.45) is -0.126. The monoisotopic (exact) mass is 309 g/mol. The highest BCUT2D eigenvalue weighted by Gasteiger charge is 2.21. The van der Waals surface area contributed by atoms with Crippen molar-refractivity contribution in [1.82, 2.24) is 15.1 Å². The fraction of sp³-hybridized carbons (Fsp3) is 0.600. The molecule has 0 aliphatic carbocycles. The largest absolute Gasteiger partial charge is 0.481 e. The molecular formula is C15H23N3O4. The van der Waals surface area contributed by atoms with Gasteiger partial charge in [-0.25, -0.2) is 0 Å². The number of hydrogen-bond acceptors (Lipinski definition) is 4. The Morgan fingerprint density at radius 2 is 1.86 bits per heavy atom. The summed E-state index contributed by atoms with van der Waals surface area (Å²) in [6.45, 7) is 8.59. The summed E-state index contributed by atoms with van der Waals surface area (Å²) in [5, 5.41) is 15.8. The van der Waals surface area contributed by atoms with Crippen LogP contribution in [0.4, 0.5) is 0 Å². The van der Waals surface area contributed by atoms with Crippen molar-refractivity contribution in [1.29, 1.82) is 0 Å². The van der Waals surface area contributed by atoms with Crippen LogP contribution in [0.5, 0.6) is 0 Å². The molecular weight excluding hydrogens is 286 g/mol. The van der Waals surface area contributed by atoms with Gasteiger partial charge in [-0.15, -0.1) is 0 Å². The van der Waals surface area contributed by atoms with Gasteiger partial charge in [-0.1, -0.05) is 13.8 Å². The number of carbonyl (C=O) groups is 3. The topological polar surface area (TPSA) is 101 Å². The highest BCUT2D eigenvalue weighted by atomic mass is 16.4. The number of aliphatic carboxylic acids is 1. The molecule has 122 valence electrons. The van der Waals surface area contributed by atoms with Gasteiger partial charge < -0.3 is 10.4 Å². The van der Waals surface area contributed by atoms with Gasteiger partial charge in [-0.2, -0.15) is 5.10 Å². The average molecular weight is 309 g/mol. The van der Waals surface area contributed by atoms with E-state index in [0.29, 0.717) is 17.0 Å². The van der Waals surface area contributed by atoms with Gasteiger partial charge in [-0.3, -0.25) is 19.1 Å². The van der Waals surface area contributed by atoms with E-state index in [2.05, 4.69) is 10.4 Å². The Kier molecular flexibility index (Phi) is 5.84. The number of amides is 1. The van der Waals surface area contributed by atoms with E-state index in [9.17, 15) is 14.4 Å². The van der Waals surface area contributed by atoms with Gasteiger partial charge >= 0.3 is 5.97 Å². The highest BCUT2D eigenvalue weighted by Crippen LogP contribution is 2.13. The van der Waals surface area contributed by atoms with E-state index in [0.717, 1.165) is 0 Å². The second-order valence-corrected chi connectivity index (χ2v) is 5.78. The number of aromatic nitrogens is 2. The van der Waals surface area contributed by atoms with Gasteiger partial charge in [0.1, 0.15) is 6.54 Å². The minimum Gasteiger partial charge on any atom is -0.481 e. The van der Waals surface area contributed by atoms with Gasteiger partial charge in [0.2, 0.25) is 5.91 Å². The van der Waals surface area contributed by atoms with Crippen molar-refractivity contribution in [2.75, 3.05) is 0 Å². The predicted octanol–water partition coefficient (Wildman–Crippen LogP) is 1.32. The normalized spacial score (nSPS) is 12.3. The van der Waals surface area contributed by atoms with E-state index in [1.807, 2.05) is 13.8 Å². The molecule has 1 atom stereocenters. The lowest BCUT2D eigenvalue weighted by Gasteiger charge is -2.20. The Morgan fingerprint density at radius 3 is 2.27 bits per heavy atom. The van der Waals surface area contributed by atoms with Crippen LogP contribution in [0.2, 0.25) is 0 Å². The molecule has 0 radical (unpaired) electrons. The van der Waals surface area contributed by atoms with Crippen LogP contribution in [0.3, 0.4) is 0 Å². The number of carboxylic acids is 1. The molecule has 0 saturated heterocycles. The van der Waals surface area contributed by atoms with Crippen LogP contribution in [-0.2, 0) is 16.1 Å². The summed E-state index contributed by atoms with van der Waals surface area (Å²) in [4.78, 5) is 34.5. The fourth-order valence-corrected chi connectivity index (χ4v) is 2.39. The van der Waals surface area contributed by atoms with E-state index in [1.165, 1.54) is 11.6 Å². The second-order valence-electron chi connectivity index (χ2n) is 5.78. The lowest BCUT2D eigenvalue weighted by atomic mass is 10.0. The molecule has 1 rings (SSSR count). The number of hydrogen-bond donors (Lipinski definition) is 2. The Bertz CT molecular complexity index is 590. The molecule has 22 heavy (non-hydrogen) atoms. The Morgan fingerprint density at radius 1 is 1.27 bits per heavy atom. The number of rotatable bonds is 7. The molecule has 1 aromatic heterocycles. The van der Waals surface area contributed by atoms with E-state index < -0.39 is 12.0 Å². The Labute approximate surface area is 129 Å². The van der Waals surface area contributed by atoms with Gasteiger partial charge in [0.05, 0.1) is 17.7 Å². The van der Waals surface area contributed by atoms with Crippen LogP contribution >= 0.6 is 0 Å². The second kappa shape index (κ2) is 7.20. The first-order valence-corrected chi connectivity index (χ1v) is 7.19. The Balaban J connectivity index is 2.82. The average Bonchev–Trinajstić information content (AvgIpc) is 2.62. The molecule has 0 aromatic carbocycles. The number of nitrogens with one attached hydrogen (secondary N) is 1. The summed E-state index contributed by atoms with van der Waals surface area (Å²) < 4.78 is 1.47. The first-order chi connectivity index (χ1) is 10.1. The summed E-state index contributed by atoms with van der Waals surface area (Å²) in [6, 6.07) is -0.436. The van der Waals surface area contributed by atoms with Crippen molar-refractivity contribution in [3.8, 4) is 0 Å². The number of ketones is 1. The summed E-state index contributed by atoms with van der Waals surface area (Å²) in [5.41, 5.74) is 1.75. The first kappa shape index (κ1) is 17.9. The maximum Gasteiger partial charge on any atom is 0.305 e. The molecule has 2 N–H and O–H groups in total. The third kappa shape index (κ3) is 4.41. The van der Waals surface area contributed by atoms with Crippen molar-refractivity contribution in [3.05, 3.63) is 17.0 Å². The third-order valence-corrected chi connectivity index (χ3v) is 3.57. The molecule has 0 saturated carbocycles. The fourth-order valence-electron chi connectivity index (χ4n) is 2.39. The summed E-state index contributed by atoms with van der Waals surface area (Å²) in [5.74, 6) is -1.36. The zero-order chi connectivity index (χ0) is 17.0. The molecule has 0 bridgehead atoms. The molecule has 0 aliphatic rings. The maximum atomic E-state index is 12.1. The number of Topliss-reactive ketones (excluding diaryl/α,β-unsaturated/α-hetero) is 1. The number of nitrogens with zero attached hydrogens (tertiary/aromatic N) is 2. The summed E-state index contributed by atoms with van der Waals surface area (Å²) >= 11 is 0. The van der Waals surface area contributed by atoms with Crippen molar-refractivity contribution in [2.45, 2.75) is 53.6 Å². The van der Waals surface area contributed by atoms with Crippen LogP contribution in [0.25, 0.3) is 0 Å². The zero-order valence-corrected chi connectivity index (χ0v) is 13.6. The zero-order valence-electron chi connectivity index (χ0n) is 13.6.